The van der Waals surface area contributed by atoms with Crippen molar-refractivity contribution >= 4 is 17.6 Å². The molecule has 1 N–H and O–H groups in total. The van der Waals surface area contributed by atoms with Gasteiger partial charge in [-0.3, -0.25) is 9.59 Å². The highest BCUT2D eigenvalue weighted by molar-refractivity contribution is 6.04. The molecular formula is C15H18N2O3. The highest BCUT2D eigenvalue weighted by Crippen LogP contribution is 2.13. The summed E-state index contributed by atoms with van der Waals surface area (Å²) in [6, 6.07) is 7.95. The molecule has 0 spiro atoms. The average Bonchev–Trinajstić information content (AvgIpc) is 2.39. The fourth-order valence-corrected chi connectivity index (χ4v) is 2.17. The van der Waals surface area contributed by atoms with E-state index in [4.69, 9.17) is 4.74 Å². The molecule has 1 amide bonds. The fourth-order valence-electron chi connectivity index (χ4n) is 2.17. The summed E-state index contributed by atoms with van der Waals surface area (Å²) in [7, 11) is 0. The van der Waals surface area contributed by atoms with Gasteiger partial charge in [-0.25, -0.2) is 5.43 Å². The fraction of sp³-hybridized carbons (Fsp3) is 0.400. The summed E-state index contributed by atoms with van der Waals surface area (Å²) in [6.07, 6.45) is 1.69. The van der Waals surface area contributed by atoms with Crippen molar-refractivity contribution in [3.8, 4) is 0 Å². The molecule has 0 saturated carbocycles. The molecule has 1 atom stereocenters. The van der Waals surface area contributed by atoms with E-state index in [1.165, 1.54) is 6.92 Å². The molecule has 5 heteroatoms. The number of hydrazone groups is 1. The highest BCUT2D eigenvalue weighted by Gasteiger charge is 2.13. The summed E-state index contributed by atoms with van der Waals surface area (Å²) in [5.74, 6) is -0.304. The molecular weight excluding hydrogens is 256 g/mol. The molecule has 2 rings (SSSR count). The van der Waals surface area contributed by atoms with E-state index in [2.05, 4.69) is 10.5 Å². The topological polar surface area (TPSA) is 67.8 Å². The average molecular weight is 274 g/mol. The summed E-state index contributed by atoms with van der Waals surface area (Å²) in [4.78, 5) is 21.9. The lowest BCUT2D eigenvalue weighted by molar-refractivity contribution is -0.145. The minimum atomic E-state index is -0.263. The van der Waals surface area contributed by atoms with Crippen LogP contribution in [0.15, 0.2) is 29.4 Å². The predicted octanol–water partition coefficient (Wildman–Crippen LogP) is 1.79. The Morgan fingerprint density at radius 1 is 1.35 bits per heavy atom. The molecule has 106 valence electrons. The van der Waals surface area contributed by atoms with E-state index in [0.717, 1.165) is 16.8 Å². The maximum Gasteiger partial charge on any atom is 0.302 e. The van der Waals surface area contributed by atoms with Gasteiger partial charge in [0.15, 0.2) is 0 Å². The number of carbonyl (C=O) groups excluding carboxylic acids is 2. The number of esters is 1. The molecule has 1 aromatic rings. The third-order valence-corrected chi connectivity index (χ3v) is 3.08. The Labute approximate surface area is 118 Å². The van der Waals surface area contributed by atoms with Gasteiger partial charge in [0.2, 0.25) is 5.91 Å². The summed E-state index contributed by atoms with van der Waals surface area (Å²) < 4.78 is 5.10. The Balaban J connectivity index is 1.99. The second-order valence-electron chi connectivity index (χ2n) is 4.91. The zero-order valence-electron chi connectivity index (χ0n) is 11.7. The quantitative estimate of drug-likeness (QED) is 0.851. The summed E-state index contributed by atoms with van der Waals surface area (Å²) in [6.45, 7) is 3.28. The number of rotatable bonds is 4. The van der Waals surface area contributed by atoms with E-state index in [9.17, 15) is 9.59 Å². The first-order chi connectivity index (χ1) is 9.54. The Morgan fingerprint density at radius 2 is 2.05 bits per heavy atom. The maximum absolute atomic E-state index is 11.0. The van der Waals surface area contributed by atoms with Gasteiger partial charge in [0.05, 0.1) is 5.71 Å². The summed E-state index contributed by atoms with van der Waals surface area (Å²) in [5, 5.41) is 4.06. The standard InChI is InChI=1S/C15H18N2O3/c1-10(20-11(2)18)9-12-3-5-13(6-4-12)14-7-8-15(19)17-16-14/h3-6,10H,7-9H2,1-2H3,(H,17,19). The lowest BCUT2D eigenvalue weighted by Gasteiger charge is -2.14. The van der Waals surface area contributed by atoms with Gasteiger partial charge >= 0.3 is 5.97 Å². The molecule has 0 bridgehead atoms. The molecule has 20 heavy (non-hydrogen) atoms. The smallest absolute Gasteiger partial charge is 0.302 e. The SMILES string of the molecule is CC(=O)OC(C)Cc1ccc(C2=NNC(=O)CC2)cc1. The predicted molar refractivity (Wildman–Crippen MR) is 75.3 cm³/mol. The van der Waals surface area contributed by atoms with Crippen LogP contribution in [0.2, 0.25) is 0 Å². The van der Waals surface area contributed by atoms with Gasteiger partial charge in [-0.1, -0.05) is 24.3 Å². The molecule has 1 unspecified atom stereocenters. The first kappa shape index (κ1) is 14.2. The van der Waals surface area contributed by atoms with E-state index in [-0.39, 0.29) is 18.0 Å². The number of hydrogen-bond acceptors (Lipinski definition) is 4. The largest absolute Gasteiger partial charge is 0.463 e. The van der Waals surface area contributed by atoms with Crippen LogP contribution in [-0.4, -0.2) is 23.7 Å². The van der Waals surface area contributed by atoms with Crippen molar-refractivity contribution in [3.05, 3.63) is 35.4 Å². The van der Waals surface area contributed by atoms with Crippen LogP contribution in [-0.2, 0) is 20.7 Å². The number of nitrogens with one attached hydrogen (secondary N) is 1. The van der Waals surface area contributed by atoms with E-state index in [1.54, 1.807) is 0 Å². The van der Waals surface area contributed by atoms with Crippen LogP contribution >= 0.6 is 0 Å². The lowest BCUT2D eigenvalue weighted by atomic mass is 10.0. The van der Waals surface area contributed by atoms with E-state index in [1.807, 2.05) is 31.2 Å². The molecule has 0 aromatic heterocycles. The van der Waals surface area contributed by atoms with Crippen molar-refractivity contribution in [1.29, 1.82) is 0 Å². The van der Waals surface area contributed by atoms with Crippen LogP contribution in [0.1, 0.15) is 37.8 Å². The van der Waals surface area contributed by atoms with Gasteiger partial charge in [0.1, 0.15) is 6.10 Å². The first-order valence-electron chi connectivity index (χ1n) is 6.66. The van der Waals surface area contributed by atoms with Gasteiger partial charge in [0.25, 0.3) is 0 Å². The van der Waals surface area contributed by atoms with E-state index < -0.39 is 0 Å². The van der Waals surface area contributed by atoms with E-state index in [0.29, 0.717) is 19.3 Å². The highest BCUT2D eigenvalue weighted by atomic mass is 16.5. The number of carbonyl (C=O) groups is 2. The monoisotopic (exact) mass is 274 g/mol. The zero-order chi connectivity index (χ0) is 14.5. The third-order valence-electron chi connectivity index (χ3n) is 3.08. The summed E-state index contributed by atoms with van der Waals surface area (Å²) in [5.41, 5.74) is 5.49. The van der Waals surface area contributed by atoms with Crippen molar-refractivity contribution in [2.24, 2.45) is 5.10 Å². The Hall–Kier alpha value is -2.17. The van der Waals surface area contributed by atoms with Gasteiger partial charge in [0, 0.05) is 26.2 Å². The van der Waals surface area contributed by atoms with Crippen LogP contribution < -0.4 is 5.43 Å². The lowest BCUT2D eigenvalue weighted by Crippen LogP contribution is -2.25. The van der Waals surface area contributed by atoms with Crippen LogP contribution in [0, 0.1) is 0 Å². The molecule has 5 nitrogen and oxygen atoms in total. The van der Waals surface area contributed by atoms with Crippen molar-refractivity contribution < 1.29 is 14.3 Å². The van der Waals surface area contributed by atoms with Crippen LogP contribution in [0.5, 0.6) is 0 Å². The molecule has 1 aromatic carbocycles. The normalized spacial score (nSPS) is 16.1. The molecule has 1 aliphatic heterocycles. The van der Waals surface area contributed by atoms with Crippen molar-refractivity contribution in [2.75, 3.05) is 0 Å². The molecule has 0 saturated heterocycles. The maximum atomic E-state index is 11.0. The molecule has 0 radical (unpaired) electrons. The van der Waals surface area contributed by atoms with E-state index >= 15 is 0 Å². The van der Waals surface area contributed by atoms with Crippen molar-refractivity contribution in [2.45, 2.75) is 39.2 Å². The van der Waals surface area contributed by atoms with Crippen LogP contribution in [0.4, 0.5) is 0 Å². The summed E-state index contributed by atoms with van der Waals surface area (Å²) >= 11 is 0. The Morgan fingerprint density at radius 3 is 2.60 bits per heavy atom. The minimum absolute atomic E-state index is 0.0411. The number of nitrogens with zero attached hydrogens (tertiary/aromatic N) is 1. The number of ether oxygens (including phenoxy) is 1. The molecule has 1 aliphatic rings. The Bertz CT molecular complexity index is 535. The zero-order valence-corrected chi connectivity index (χ0v) is 11.7. The van der Waals surface area contributed by atoms with Gasteiger partial charge in [-0.05, 0) is 18.1 Å². The number of amides is 1. The minimum Gasteiger partial charge on any atom is -0.463 e. The second-order valence-corrected chi connectivity index (χ2v) is 4.91. The van der Waals surface area contributed by atoms with Gasteiger partial charge in [-0.2, -0.15) is 5.10 Å². The molecule has 1 heterocycles. The Kier molecular flexibility index (Phi) is 4.50. The second kappa shape index (κ2) is 6.32. The molecule has 0 fully saturated rings. The number of hydrogen-bond donors (Lipinski definition) is 1. The van der Waals surface area contributed by atoms with Gasteiger partial charge < -0.3 is 4.74 Å². The van der Waals surface area contributed by atoms with Gasteiger partial charge in [-0.15, -0.1) is 0 Å². The third kappa shape index (κ3) is 3.91. The molecule has 0 aliphatic carbocycles. The number of benzene rings is 1. The van der Waals surface area contributed by atoms with Crippen LogP contribution in [0.3, 0.4) is 0 Å². The van der Waals surface area contributed by atoms with Crippen molar-refractivity contribution in [1.82, 2.24) is 5.43 Å². The van der Waals surface area contributed by atoms with Crippen molar-refractivity contribution in [3.63, 3.8) is 0 Å². The first-order valence-corrected chi connectivity index (χ1v) is 6.66. The van der Waals surface area contributed by atoms with Crippen LogP contribution in [0.25, 0.3) is 0 Å².